The molecule has 2 aromatic heterocycles. The molecule has 1 fully saturated rings. The Labute approximate surface area is 191 Å². The number of thiophene rings is 1. The Morgan fingerprint density at radius 3 is 2.94 bits per heavy atom. The van der Waals surface area contributed by atoms with Crippen LogP contribution in [0.4, 0.5) is 11.5 Å². The first-order valence-electron chi connectivity index (χ1n) is 11.6. The second-order valence-corrected chi connectivity index (χ2v) is 10.4. The summed E-state index contributed by atoms with van der Waals surface area (Å²) in [5.74, 6) is 2.05. The molecule has 1 aliphatic carbocycles. The molecule has 1 N–H and O–H groups in total. The predicted octanol–water partition coefficient (Wildman–Crippen LogP) is 4.73. The summed E-state index contributed by atoms with van der Waals surface area (Å²) in [7, 11) is 0. The zero-order chi connectivity index (χ0) is 21.7. The van der Waals surface area contributed by atoms with Gasteiger partial charge < -0.3 is 10.2 Å². The fraction of sp³-hybridized carbons (Fsp3) is 0.440. The number of aromatic nitrogens is 2. The van der Waals surface area contributed by atoms with E-state index in [4.69, 9.17) is 0 Å². The van der Waals surface area contributed by atoms with Crippen LogP contribution in [0, 0.1) is 11.8 Å². The lowest BCUT2D eigenvalue weighted by Crippen LogP contribution is -2.42. The number of aliphatic imine (C=N–C) groups is 1. The maximum absolute atomic E-state index is 13.2. The van der Waals surface area contributed by atoms with E-state index in [9.17, 15) is 4.79 Å². The molecule has 1 atom stereocenters. The van der Waals surface area contributed by atoms with Crippen molar-refractivity contribution in [3.8, 4) is 0 Å². The number of rotatable bonds is 3. The molecule has 7 heteroatoms. The Kier molecular flexibility index (Phi) is 4.94. The van der Waals surface area contributed by atoms with E-state index in [1.54, 1.807) is 17.7 Å². The number of hydrogen-bond acceptors (Lipinski definition) is 6. The second-order valence-electron chi connectivity index (χ2n) is 9.36. The standard InChI is InChI=1S/C25H27N5OS/c1-15-6-8-30(9-7-15)25(31)16-3-5-20-21(11-16)32-24-22(20)23(27-14-28-24)29-19-4-2-17-12-26-13-18(17)10-19/h2,4,10,13-16H,3,5-9,11-12H2,1H3,(H,27,28,29). The number of aryl methyl sites for hydroxylation is 1. The van der Waals surface area contributed by atoms with Gasteiger partial charge in [0.05, 0.1) is 11.9 Å². The first kappa shape index (κ1) is 19.9. The minimum Gasteiger partial charge on any atom is -0.342 e. The molecular formula is C25H27N5OS. The molecule has 0 radical (unpaired) electrons. The topological polar surface area (TPSA) is 70.5 Å². The van der Waals surface area contributed by atoms with E-state index in [1.165, 1.54) is 21.6 Å². The van der Waals surface area contributed by atoms with Gasteiger partial charge in [0.2, 0.25) is 5.91 Å². The average molecular weight is 446 g/mol. The van der Waals surface area contributed by atoms with Crippen molar-refractivity contribution < 1.29 is 4.79 Å². The van der Waals surface area contributed by atoms with Gasteiger partial charge in [-0.25, -0.2) is 9.97 Å². The van der Waals surface area contributed by atoms with Crippen LogP contribution in [0.25, 0.3) is 10.2 Å². The van der Waals surface area contributed by atoms with Crippen LogP contribution in [-0.2, 0) is 24.2 Å². The third kappa shape index (κ3) is 3.48. The van der Waals surface area contributed by atoms with Crippen LogP contribution in [0.5, 0.6) is 0 Å². The fourth-order valence-corrected chi connectivity index (χ4v) is 6.49. The van der Waals surface area contributed by atoms with E-state index in [0.29, 0.717) is 5.91 Å². The zero-order valence-corrected chi connectivity index (χ0v) is 19.1. The van der Waals surface area contributed by atoms with E-state index >= 15 is 0 Å². The number of anilines is 2. The molecule has 1 aromatic carbocycles. The van der Waals surface area contributed by atoms with Gasteiger partial charge in [0, 0.05) is 35.8 Å². The van der Waals surface area contributed by atoms with Crippen LogP contribution in [0.15, 0.2) is 29.5 Å². The third-order valence-corrected chi connectivity index (χ3v) is 8.35. The summed E-state index contributed by atoms with van der Waals surface area (Å²) in [5.41, 5.74) is 4.77. The van der Waals surface area contributed by atoms with Gasteiger partial charge >= 0.3 is 0 Å². The number of benzene rings is 1. The average Bonchev–Trinajstić information content (AvgIpc) is 3.43. The Balaban J connectivity index is 1.26. The van der Waals surface area contributed by atoms with Crippen LogP contribution >= 0.6 is 11.3 Å². The number of carbonyl (C=O) groups is 1. The zero-order valence-electron chi connectivity index (χ0n) is 18.3. The Hall–Kier alpha value is -2.80. The van der Waals surface area contributed by atoms with Gasteiger partial charge in [0.15, 0.2) is 0 Å². The van der Waals surface area contributed by atoms with E-state index in [0.717, 1.165) is 79.4 Å². The van der Waals surface area contributed by atoms with E-state index in [1.807, 2.05) is 6.21 Å². The van der Waals surface area contributed by atoms with Gasteiger partial charge in [-0.15, -0.1) is 11.3 Å². The minimum atomic E-state index is 0.101. The smallest absolute Gasteiger partial charge is 0.226 e. The maximum atomic E-state index is 13.2. The number of piperidine rings is 1. The van der Waals surface area contributed by atoms with Crippen LogP contribution in [0.2, 0.25) is 0 Å². The maximum Gasteiger partial charge on any atom is 0.226 e. The molecule has 3 aromatic rings. The molecule has 1 amide bonds. The molecule has 32 heavy (non-hydrogen) atoms. The third-order valence-electron chi connectivity index (χ3n) is 7.19. The van der Waals surface area contributed by atoms with Gasteiger partial charge in [-0.05, 0) is 66.8 Å². The van der Waals surface area contributed by atoms with Crippen molar-refractivity contribution in [3.63, 3.8) is 0 Å². The highest BCUT2D eigenvalue weighted by Crippen LogP contribution is 2.41. The predicted molar refractivity (Wildman–Crippen MR) is 129 cm³/mol. The lowest BCUT2D eigenvalue weighted by atomic mass is 9.86. The van der Waals surface area contributed by atoms with Crippen LogP contribution < -0.4 is 5.32 Å². The number of amides is 1. The molecule has 0 bridgehead atoms. The van der Waals surface area contributed by atoms with Gasteiger partial charge in [-0.1, -0.05) is 13.0 Å². The van der Waals surface area contributed by atoms with Crippen molar-refractivity contribution in [1.29, 1.82) is 0 Å². The monoisotopic (exact) mass is 445 g/mol. The van der Waals surface area contributed by atoms with Crippen molar-refractivity contribution in [2.45, 2.75) is 45.6 Å². The number of carbonyl (C=O) groups excluding carboxylic acids is 1. The molecule has 164 valence electrons. The molecule has 0 spiro atoms. The quantitative estimate of drug-likeness (QED) is 0.633. The van der Waals surface area contributed by atoms with Crippen molar-refractivity contribution in [3.05, 3.63) is 46.1 Å². The van der Waals surface area contributed by atoms with Gasteiger partial charge in [-0.3, -0.25) is 9.79 Å². The van der Waals surface area contributed by atoms with E-state index < -0.39 is 0 Å². The summed E-state index contributed by atoms with van der Waals surface area (Å²) < 4.78 is 0. The Morgan fingerprint density at radius 1 is 1.19 bits per heavy atom. The Bertz CT molecular complexity index is 1220. The summed E-state index contributed by atoms with van der Waals surface area (Å²) in [4.78, 5) is 31.1. The van der Waals surface area contributed by atoms with Crippen LogP contribution in [0.3, 0.4) is 0 Å². The Morgan fingerprint density at radius 2 is 2.06 bits per heavy atom. The van der Waals surface area contributed by atoms with Crippen molar-refractivity contribution in [2.24, 2.45) is 16.8 Å². The molecular weight excluding hydrogens is 418 g/mol. The minimum absolute atomic E-state index is 0.101. The molecule has 1 saturated heterocycles. The van der Waals surface area contributed by atoms with Gasteiger partial charge in [0.1, 0.15) is 17.0 Å². The molecule has 3 aliphatic rings. The largest absolute Gasteiger partial charge is 0.342 e. The number of nitrogens with zero attached hydrogens (tertiary/aromatic N) is 4. The van der Waals surface area contributed by atoms with Crippen LogP contribution in [0.1, 0.15) is 47.8 Å². The summed E-state index contributed by atoms with van der Waals surface area (Å²) in [6.07, 6.45) is 8.48. The van der Waals surface area contributed by atoms with E-state index in [2.05, 4.69) is 50.3 Å². The molecule has 4 heterocycles. The normalized spacial score (nSPS) is 20.4. The molecule has 6 nitrogen and oxygen atoms in total. The highest BCUT2D eigenvalue weighted by molar-refractivity contribution is 7.19. The first-order valence-corrected chi connectivity index (χ1v) is 12.4. The highest BCUT2D eigenvalue weighted by Gasteiger charge is 2.32. The lowest BCUT2D eigenvalue weighted by Gasteiger charge is -2.34. The highest BCUT2D eigenvalue weighted by atomic mass is 32.1. The summed E-state index contributed by atoms with van der Waals surface area (Å²) in [6, 6.07) is 6.35. The van der Waals surface area contributed by atoms with Gasteiger partial charge in [0.25, 0.3) is 0 Å². The van der Waals surface area contributed by atoms with Crippen molar-refractivity contribution >= 4 is 45.2 Å². The van der Waals surface area contributed by atoms with Crippen molar-refractivity contribution in [1.82, 2.24) is 14.9 Å². The number of fused-ring (bicyclic) bond motifs is 4. The number of likely N-dealkylation sites (tertiary alicyclic amines) is 1. The summed E-state index contributed by atoms with van der Waals surface area (Å²) in [6.45, 7) is 4.89. The fourth-order valence-electron chi connectivity index (χ4n) is 5.22. The van der Waals surface area contributed by atoms with Crippen LogP contribution in [-0.4, -0.2) is 40.1 Å². The summed E-state index contributed by atoms with van der Waals surface area (Å²) in [5, 5.41) is 4.65. The van der Waals surface area contributed by atoms with Gasteiger partial charge in [-0.2, -0.15) is 0 Å². The molecule has 1 unspecified atom stereocenters. The number of hydrogen-bond donors (Lipinski definition) is 1. The van der Waals surface area contributed by atoms with E-state index in [-0.39, 0.29) is 5.92 Å². The molecule has 0 saturated carbocycles. The first-order chi connectivity index (χ1) is 15.7. The van der Waals surface area contributed by atoms with Crippen molar-refractivity contribution in [2.75, 3.05) is 18.4 Å². The molecule has 2 aliphatic heterocycles. The number of nitrogens with one attached hydrogen (secondary N) is 1. The lowest BCUT2D eigenvalue weighted by molar-refractivity contribution is -0.137. The SMILES string of the molecule is CC1CCN(C(=O)C2CCc3c(sc4ncnc(Nc5ccc6c(c5)C=NC6)c34)C2)CC1. The molecule has 6 rings (SSSR count). The second kappa shape index (κ2) is 7.96. The summed E-state index contributed by atoms with van der Waals surface area (Å²) >= 11 is 1.73.